The number of nitrogens with zero attached hydrogens (tertiary/aromatic N) is 1. The van der Waals surface area contributed by atoms with Crippen molar-refractivity contribution in [1.29, 1.82) is 5.26 Å². The van der Waals surface area contributed by atoms with Crippen LogP contribution in [0.3, 0.4) is 0 Å². The number of rotatable bonds is 6. The lowest BCUT2D eigenvalue weighted by Crippen LogP contribution is -2.07. The monoisotopic (exact) mass is 332 g/mol. The molecule has 0 aliphatic carbocycles. The van der Waals surface area contributed by atoms with Crippen LogP contribution >= 0.6 is 0 Å². The Bertz CT molecular complexity index is 873. The highest BCUT2D eigenvalue weighted by Crippen LogP contribution is 2.28. The van der Waals surface area contributed by atoms with Gasteiger partial charge in [-0.1, -0.05) is 18.1 Å². The molecule has 0 saturated carbocycles. The predicted molar refractivity (Wildman–Crippen MR) is 96.1 cm³/mol. The molecule has 0 aliphatic rings. The fraction of sp³-hybridized carbons (Fsp3) is 0.100. The second-order valence-electron chi connectivity index (χ2n) is 4.90. The summed E-state index contributed by atoms with van der Waals surface area (Å²) in [5.41, 5.74) is 2.08. The quantitative estimate of drug-likeness (QED) is 0.651. The molecule has 2 rings (SSSR count). The van der Waals surface area contributed by atoms with E-state index in [1.165, 1.54) is 13.2 Å². The van der Waals surface area contributed by atoms with Crippen LogP contribution in [-0.2, 0) is 4.79 Å². The predicted octanol–water partition coefficient (Wildman–Crippen LogP) is 3.23. The number of anilines is 1. The molecule has 2 aromatic rings. The molecule has 1 N–H and O–H groups in total. The van der Waals surface area contributed by atoms with Crippen LogP contribution in [0.4, 0.5) is 5.69 Å². The van der Waals surface area contributed by atoms with Crippen molar-refractivity contribution in [3.8, 4) is 29.9 Å². The SMILES string of the molecule is C#Cc1cccc(NC(=O)/C=C/c2ccc(OCC#N)c(OC)c2)c1. The van der Waals surface area contributed by atoms with Gasteiger partial charge in [-0.05, 0) is 42.0 Å². The van der Waals surface area contributed by atoms with Gasteiger partial charge in [0.05, 0.1) is 7.11 Å². The number of nitrogens with one attached hydrogen (secondary N) is 1. The molecule has 0 fully saturated rings. The fourth-order valence-corrected chi connectivity index (χ4v) is 2.06. The Morgan fingerprint density at radius 2 is 2.12 bits per heavy atom. The van der Waals surface area contributed by atoms with Gasteiger partial charge in [0.2, 0.25) is 5.91 Å². The molecule has 1 amide bonds. The Kier molecular flexibility index (Phi) is 6.22. The molecule has 0 bridgehead atoms. The molecular weight excluding hydrogens is 316 g/mol. The van der Waals surface area contributed by atoms with Crippen LogP contribution in [0.25, 0.3) is 6.08 Å². The molecule has 0 spiro atoms. The van der Waals surface area contributed by atoms with Crippen molar-refractivity contribution in [2.75, 3.05) is 19.0 Å². The van der Waals surface area contributed by atoms with Gasteiger partial charge in [-0.2, -0.15) is 5.26 Å². The lowest BCUT2D eigenvalue weighted by molar-refractivity contribution is -0.111. The van der Waals surface area contributed by atoms with Crippen LogP contribution in [0.5, 0.6) is 11.5 Å². The summed E-state index contributed by atoms with van der Waals surface area (Å²) in [7, 11) is 1.51. The second kappa shape index (κ2) is 8.81. The van der Waals surface area contributed by atoms with E-state index in [1.54, 1.807) is 48.5 Å². The van der Waals surface area contributed by atoms with E-state index in [9.17, 15) is 4.79 Å². The molecule has 25 heavy (non-hydrogen) atoms. The van der Waals surface area contributed by atoms with Crippen molar-refractivity contribution in [3.05, 3.63) is 59.7 Å². The molecule has 0 saturated heterocycles. The van der Waals surface area contributed by atoms with E-state index in [2.05, 4.69) is 11.2 Å². The van der Waals surface area contributed by atoms with E-state index in [1.807, 2.05) is 6.07 Å². The Labute approximate surface area is 146 Å². The number of ether oxygens (including phenoxy) is 2. The molecule has 0 aliphatic heterocycles. The number of hydrogen-bond acceptors (Lipinski definition) is 4. The van der Waals surface area contributed by atoms with E-state index >= 15 is 0 Å². The van der Waals surface area contributed by atoms with Gasteiger partial charge < -0.3 is 14.8 Å². The first kappa shape index (κ1) is 17.7. The Hall–Kier alpha value is -3.70. The summed E-state index contributed by atoms with van der Waals surface area (Å²) in [4.78, 5) is 12.0. The molecule has 0 unspecified atom stereocenters. The molecule has 0 radical (unpaired) electrons. The zero-order valence-corrected chi connectivity index (χ0v) is 13.7. The topological polar surface area (TPSA) is 71.3 Å². The maximum Gasteiger partial charge on any atom is 0.248 e. The van der Waals surface area contributed by atoms with E-state index in [-0.39, 0.29) is 12.5 Å². The third-order valence-corrected chi connectivity index (χ3v) is 3.20. The minimum Gasteiger partial charge on any atom is -0.493 e. The normalized spacial score (nSPS) is 9.88. The third-order valence-electron chi connectivity index (χ3n) is 3.20. The molecule has 5 nitrogen and oxygen atoms in total. The first-order valence-electron chi connectivity index (χ1n) is 7.40. The molecule has 0 atom stereocenters. The zero-order valence-electron chi connectivity index (χ0n) is 13.7. The summed E-state index contributed by atoms with van der Waals surface area (Å²) in [5, 5.41) is 11.3. The first-order chi connectivity index (χ1) is 12.2. The molecule has 0 heterocycles. The smallest absolute Gasteiger partial charge is 0.248 e. The maximum absolute atomic E-state index is 12.0. The number of hydrogen-bond donors (Lipinski definition) is 1. The Morgan fingerprint density at radius 1 is 1.28 bits per heavy atom. The highest BCUT2D eigenvalue weighted by molar-refractivity contribution is 6.02. The number of amides is 1. The van der Waals surface area contributed by atoms with Gasteiger partial charge >= 0.3 is 0 Å². The summed E-state index contributed by atoms with van der Waals surface area (Å²) in [6.45, 7) is -0.0648. The molecule has 124 valence electrons. The van der Waals surface area contributed by atoms with Gasteiger partial charge in [-0.3, -0.25) is 4.79 Å². The lowest BCUT2D eigenvalue weighted by Gasteiger charge is -2.08. The van der Waals surface area contributed by atoms with Crippen molar-refractivity contribution in [2.24, 2.45) is 0 Å². The standard InChI is InChI=1S/C20H16N2O3/c1-3-15-5-4-6-17(13-15)22-20(23)10-8-16-7-9-18(25-12-11-21)19(14-16)24-2/h1,4-10,13-14H,12H2,2H3,(H,22,23)/b10-8+. The first-order valence-corrected chi connectivity index (χ1v) is 7.40. The third kappa shape index (κ3) is 5.16. The molecule has 0 aromatic heterocycles. The minimum absolute atomic E-state index is 0.0648. The average Bonchev–Trinajstić information content (AvgIpc) is 2.65. The van der Waals surface area contributed by atoms with Crippen molar-refractivity contribution in [1.82, 2.24) is 0 Å². The van der Waals surface area contributed by atoms with Gasteiger partial charge in [-0.25, -0.2) is 0 Å². The maximum atomic E-state index is 12.0. The van der Waals surface area contributed by atoms with Gasteiger partial charge in [0.15, 0.2) is 18.1 Å². The number of carbonyl (C=O) groups excluding carboxylic acids is 1. The molecule has 2 aromatic carbocycles. The number of nitriles is 1. The van der Waals surface area contributed by atoms with Crippen molar-refractivity contribution in [3.63, 3.8) is 0 Å². The fourth-order valence-electron chi connectivity index (χ4n) is 2.06. The van der Waals surface area contributed by atoms with Crippen LogP contribution in [0.2, 0.25) is 0 Å². The van der Waals surface area contributed by atoms with Gasteiger partial charge in [0.1, 0.15) is 6.07 Å². The van der Waals surface area contributed by atoms with Crippen LogP contribution in [-0.4, -0.2) is 19.6 Å². The van der Waals surface area contributed by atoms with E-state index in [4.69, 9.17) is 21.2 Å². The molecule has 5 heteroatoms. The van der Waals surface area contributed by atoms with Crippen LogP contribution in [0.15, 0.2) is 48.5 Å². The summed E-state index contributed by atoms with van der Waals surface area (Å²) >= 11 is 0. The number of methoxy groups -OCH3 is 1. The van der Waals surface area contributed by atoms with Crippen molar-refractivity contribution < 1.29 is 14.3 Å². The Morgan fingerprint density at radius 3 is 2.84 bits per heavy atom. The van der Waals surface area contributed by atoms with Crippen LogP contribution in [0.1, 0.15) is 11.1 Å². The van der Waals surface area contributed by atoms with Crippen LogP contribution in [0, 0.1) is 23.7 Å². The number of benzene rings is 2. The zero-order chi connectivity index (χ0) is 18.1. The summed E-state index contributed by atoms with van der Waals surface area (Å²) in [5.74, 6) is 3.19. The van der Waals surface area contributed by atoms with Gasteiger partial charge in [0, 0.05) is 17.3 Å². The second-order valence-corrected chi connectivity index (χ2v) is 4.90. The summed E-state index contributed by atoms with van der Waals surface area (Å²) < 4.78 is 10.5. The lowest BCUT2D eigenvalue weighted by atomic mass is 10.2. The van der Waals surface area contributed by atoms with E-state index in [0.717, 1.165) is 5.56 Å². The minimum atomic E-state index is -0.280. The van der Waals surface area contributed by atoms with Crippen molar-refractivity contribution in [2.45, 2.75) is 0 Å². The number of terminal acetylenes is 1. The van der Waals surface area contributed by atoms with Gasteiger partial charge in [-0.15, -0.1) is 6.42 Å². The van der Waals surface area contributed by atoms with E-state index in [0.29, 0.717) is 22.7 Å². The highest BCUT2D eigenvalue weighted by Gasteiger charge is 2.05. The average molecular weight is 332 g/mol. The molecular formula is C20H16N2O3. The van der Waals surface area contributed by atoms with E-state index < -0.39 is 0 Å². The van der Waals surface area contributed by atoms with Gasteiger partial charge in [0.25, 0.3) is 0 Å². The summed E-state index contributed by atoms with van der Waals surface area (Å²) in [6.07, 6.45) is 8.40. The summed E-state index contributed by atoms with van der Waals surface area (Å²) in [6, 6.07) is 14.1. The Balaban J connectivity index is 2.06. The van der Waals surface area contributed by atoms with Crippen molar-refractivity contribution >= 4 is 17.7 Å². The highest BCUT2D eigenvalue weighted by atomic mass is 16.5. The van der Waals surface area contributed by atoms with Crippen LogP contribution < -0.4 is 14.8 Å². The number of carbonyl (C=O) groups is 1. The largest absolute Gasteiger partial charge is 0.493 e.